The molecule has 5 nitrogen and oxygen atoms in total. The summed E-state index contributed by atoms with van der Waals surface area (Å²) in [5.74, 6) is -0.417. The summed E-state index contributed by atoms with van der Waals surface area (Å²) in [7, 11) is 0. The minimum Gasteiger partial charge on any atom is -0.369 e. The number of fused-ring (bicyclic) bond motifs is 1. The van der Waals surface area contributed by atoms with Gasteiger partial charge in [0.25, 0.3) is 0 Å². The summed E-state index contributed by atoms with van der Waals surface area (Å²) in [6, 6.07) is 5.29. The van der Waals surface area contributed by atoms with Crippen molar-refractivity contribution in [2.75, 3.05) is 0 Å². The zero-order valence-electron chi connectivity index (χ0n) is 7.33. The molecule has 0 spiro atoms. The zero-order chi connectivity index (χ0) is 10.1. The summed E-state index contributed by atoms with van der Waals surface area (Å²) >= 11 is 0. The van der Waals surface area contributed by atoms with Crippen molar-refractivity contribution in [1.29, 1.82) is 0 Å². The molecule has 0 unspecified atom stereocenters. The fraction of sp³-hybridized carbons (Fsp3) is 0.111. The van der Waals surface area contributed by atoms with E-state index in [4.69, 9.17) is 5.73 Å². The first-order valence-electron chi connectivity index (χ1n) is 4.15. The Balaban J connectivity index is 2.64. The van der Waals surface area contributed by atoms with Gasteiger partial charge in [-0.25, -0.2) is 4.79 Å². The molecular weight excluding hydrogens is 182 g/mol. The third-order valence-electron chi connectivity index (χ3n) is 2.00. The summed E-state index contributed by atoms with van der Waals surface area (Å²) in [5.41, 5.74) is 6.87. The quantitative estimate of drug-likeness (QED) is 0.617. The minimum absolute atomic E-state index is 0.130. The second kappa shape index (κ2) is 3.02. The first-order valence-corrected chi connectivity index (χ1v) is 4.15. The first kappa shape index (κ1) is 8.55. The van der Waals surface area contributed by atoms with E-state index in [1.54, 1.807) is 18.2 Å². The fourth-order valence-corrected chi connectivity index (χ4v) is 1.45. The summed E-state index contributed by atoms with van der Waals surface area (Å²) in [6.07, 6.45) is 0.130. The average Bonchev–Trinajstić information content (AvgIpc) is 2.45. The lowest BCUT2D eigenvalue weighted by Gasteiger charge is -1.98. The molecule has 0 aliphatic rings. The lowest BCUT2D eigenvalue weighted by atomic mass is 10.1. The maximum atomic E-state index is 11.0. The number of nitrogens with two attached hydrogens (primary N) is 1. The van der Waals surface area contributed by atoms with Gasteiger partial charge in [-0.05, 0) is 11.6 Å². The number of nitrogens with one attached hydrogen (secondary N) is 2. The van der Waals surface area contributed by atoms with Crippen LogP contribution in [0.4, 0.5) is 0 Å². The first-order chi connectivity index (χ1) is 6.66. The molecule has 72 valence electrons. The van der Waals surface area contributed by atoms with E-state index in [1.165, 1.54) is 0 Å². The summed E-state index contributed by atoms with van der Waals surface area (Å²) in [5, 5.41) is 0. The highest BCUT2D eigenvalue weighted by atomic mass is 16.1. The smallest absolute Gasteiger partial charge is 0.323 e. The number of para-hydroxylation sites is 1. The highest BCUT2D eigenvalue weighted by Gasteiger charge is 2.05. The van der Waals surface area contributed by atoms with Crippen molar-refractivity contribution in [2.45, 2.75) is 6.42 Å². The van der Waals surface area contributed by atoms with Gasteiger partial charge >= 0.3 is 5.69 Å². The molecule has 2 rings (SSSR count). The van der Waals surface area contributed by atoms with E-state index in [-0.39, 0.29) is 12.1 Å². The monoisotopic (exact) mass is 191 g/mol. The van der Waals surface area contributed by atoms with Crippen LogP contribution in [0, 0.1) is 0 Å². The number of benzene rings is 1. The van der Waals surface area contributed by atoms with Crippen molar-refractivity contribution in [3.8, 4) is 0 Å². The van der Waals surface area contributed by atoms with Crippen molar-refractivity contribution in [3.63, 3.8) is 0 Å². The number of hydrogen-bond acceptors (Lipinski definition) is 2. The van der Waals surface area contributed by atoms with Crippen LogP contribution in [0.1, 0.15) is 5.56 Å². The second-order valence-corrected chi connectivity index (χ2v) is 3.06. The number of rotatable bonds is 2. The van der Waals surface area contributed by atoms with Crippen molar-refractivity contribution in [3.05, 3.63) is 34.2 Å². The largest absolute Gasteiger partial charge is 0.369 e. The lowest BCUT2D eigenvalue weighted by Crippen LogP contribution is -2.13. The Labute approximate surface area is 78.9 Å². The molecule has 14 heavy (non-hydrogen) atoms. The fourth-order valence-electron chi connectivity index (χ4n) is 1.45. The third kappa shape index (κ3) is 1.39. The van der Waals surface area contributed by atoms with Crippen LogP contribution < -0.4 is 11.4 Å². The predicted octanol–water partition coefficient (Wildman–Crippen LogP) is -0.116. The topological polar surface area (TPSA) is 91.7 Å². The van der Waals surface area contributed by atoms with Gasteiger partial charge in [-0.3, -0.25) is 4.79 Å². The van der Waals surface area contributed by atoms with Crippen molar-refractivity contribution >= 4 is 16.9 Å². The Bertz CT molecular complexity index is 538. The Morgan fingerprint density at radius 1 is 1.36 bits per heavy atom. The normalized spacial score (nSPS) is 10.6. The Hall–Kier alpha value is -2.04. The average molecular weight is 191 g/mol. The molecule has 0 saturated heterocycles. The molecule has 5 heteroatoms. The summed E-state index contributed by atoms with van der Waals surface area (Å²) < 4.78 is 0. The number of carbonyl (C=O) groups excluding carboxylic acids is 1. The number of hydrogen-bond donors (Lipinski definition) is 3. The van der Waals surface area contributed by atoms with Gasteiger partial charge < -0.3 is 15.7 Å². The molecule has 1 aromatic heterocycles. The van der Waals surface area contributed by atoms with Crippen LogP contribution in [0.15, 0.2) is 23.0 Å². The second-order valence-electron chi connectivity index (χ2n) is 3.06. The molecule has 1 amide bonds. The van der Waals surface area contributed by atoms with E-state index in [0.29, 0.717) is 11.0 Å². The third-order valence-corrected chi connectivity index (χ3v) is 2.00. The molecule has 0 aliphatic heterocycles. The zero-order valence-corrected chi connectivity index (χ0v) is 7.33. The Morgan fingerprint density at radius 3 is 2.86 bits per heavy atom. The maximum Gasteiger partial charge on any atom is 0.323 e. The van der Waals surface area contributed by atoms with Crippen LogP contribution in [0.5, 0.6) is 0 Å². The molecule has 1 heterocycles. The molecule has 0 radical (unpaired) electrons. The van der Waals surface area contributed by atoms with Gasteiger partial charge in [-0.15, -0.1) is 0 Å². The molecule has 0 atom stereocenters. The van der Waals surface area contributed by atoms with Crippen LogP contribution in [-0.4, -0.2) is 15.9 Å². The molecule has 1 aromatic carbocycles. The number of H-pyrrole nitrogens is 2. The van der Waals surface area contributed by atoms with Crippen LogP contribution >= 0.6 is 0 Å². The molecule has 0 fully saturated rings. The number of aromatic amines is 2. The van der Waals surface area contributed by atoms with E-state index < -0.39 is 5.91 Å². The summed E-state index contributed by atoms with van der Waals surface area (Å²) in [4.78, 5) is 27.0. The molecule has 0 bridgehead atoms. The van der Waals surface area contributed by atoms with E-state index in [0.717, 1.165) is 5.56 Å². The SMILES string of the molecule is NC(=O)Cc1cccc2[nH]c(=O)[nH]c12. The van der Waals surface area contributed by atoms with Gasteiger partial charge in [0.1, 0.15) is 0 Å². The van der Waals surface area contributed by atoms with Gasteiger partial charge in [0.2, 0.25) is 5.91 Å². The van der Waals surface area contributed by atoms with E-state index in [9.17, 15) is 9.59 Å². The van der Waals surface area contributed by atoms with Crippen LogP contribution in [-0.2, 0) is 11.2 Å². The number of imidazole rings is 1. The van der Waals surface area contributed by atoms with Crippen molar-refractivity contribution in [2.24, 2.45) is 5.73 Å². The van der Waals surface area contributed by atoms with E-state index >= 15 is 0 Å². The summed E-state index contributed by atoms with van der Waals surface area (Å²) in [6.45, 7) is 0. The highest BCUT2D eigenvalue weighted by Crippen LogP contribution is 2.12. The van der Waals surface area contributed by atoms with Gasteiger partial charge in [-0.2, -0.15) is 0 Å². The Morgan fingerprint density at radius 2 is 2.14 bits per heavy atom. The number of carbonyl (C=O) groups is 1. The van der Waals surface area contributed by atoms with Crippen molar-refractivity contribution < 1.29 is 4.79 Å². The number of amides is 1. The number of aromatic nitrogens is 2. The molecule has 0 aliphatic carbocycles. The van der Waals surface area contributed by atoms with Crippen LogP contribution in [0.2, 0.25) is 0 Å². The van der Waals surface area contributed by atoms with Crippen LogP contribution in [0.25, 0.3) is 11.0 Å². The van der Waals surface area contributed by atoms with Crippen molar-refractivity contribution in [1.82, 2.24) is 9.97 Å². The molecular formula is C9H9N3O2. The molecule has 0 saturated carbocycles. The van der Waals surface area contributed by atoms with Crippen LogP contribution in [0.3, 0.4) is 0 Å². The Kier molecular flexibility index (Phi) is 1.85. The maximum absolute atomic E-state index is 11.0. The molecule has 4 N–H and O–H groups in total. The van der Waals surface area contributed by atoms with Gasteiger partial charge in [0.15, 0.2) is 0 Å². The van der Waals surface area contributed by atoms with E-state index in [2.05, 4.69) is 9.97 Å². The minimum atomic E-state index is -0.417. The lowest BCUT2D eigenvalue weighted by molar-refractivity contribution is -0.117. The van der Waals surface area contributed by atoms with E-state index in [1.807, 2.05) is 0 Å². The van der Waals surface area contributed by atoms with Gasteiger partial charge in [0, 0.05) is 0 Å². The number of primary amides is 1. The molecule has 2 aromatic rings. The predicted molar refractivity (Wildman–Crippen MR) is 51.8 cm³/mol. The standard InChI is InChI=1S/C9H9N3O2/c10-7(13)4-5-2-1-3-6-8(5)12-9(14)11-6/h1-3H,4H2,(H2,10,13)(H2,11,12,14). The highest BCUT2D eigenvalue weighted by molar-refractivity contribution is 5.85. The van der Waals surface area contributed by atoms with Gasteiger partial charge in [0.05, 0.1) is 17.5 Å². The van der Waals surface area contributed by atoms with Gasteiger partial charge in [-0.1, -0.05) is 12.1 Å².